The van der Waals surface area contributed by atoms with E-state index in [2.05, 4.69) is 4.90 Å². The number of alkyl halides is 3. The predicted octanol–water partition coefficient (Wildman–Crippen LogP) is 4.74. The molecule has 2 aromatic carbocycles. The molecule has 2 atom stereocenters. The Morgan fingerprint density at radius 3 is 2.33 bits per heavy atom. The second-order valence-electron chi connectivity index (χ2n) is 8.52. The van der Waals surface area contributed by atoms with Crippen molar-refractivity contribution in [1.29, 1.82) is 5.26 Å². The Kier molecular flexibility index (Phi) is 5.61. The zero-order valence-electron chi connectivity index (χ0n) is 16.7. The molecule has 30 heavy (non-hydrogen) atoms. The van der Waals surface area contributed by atoms with Gasteiger partial charge in [-0.25, -0.2) is 0 Å². The van der Waals surface area contributed by atoms with E-state index in [9.17, 15) is 18.3 Å². The Labute approximate surface area is 174 Å². The van der Waals surface area contributed by atoms with Crippen LogP contribution in [-0.2, 0) is 18.2 Å². The van der Waals surface area contributed by atoms with Crippen molar-refractivity contribution in [2.75, 3.05) is 19.6 Å². The lowest BCUT2D eigenvalue weighted by Crippen LogP contribution is -2.55. The second-order valence-corrected chi connectivity index (χ2v) is 8.52. The van der Waals surface area contributed by atoms with Gasteiger partial charge in [0.05, 0.1) is 22.8 Å². The van der Waals surface area contributed by atoms with Crippen molar-refractivity contribution in [2.45, 2.75) is 37.5 Å². The third-order valence-corrected chi connectivity index (χ3v) is 6.85. The minimum Gasteiger partial charge on any atom is -0.385 e. The van der Waals surface area contributed by atoms with Crippen LogP contribution in [0.3, 0.4) is 0 Å². The van der Waals surface area contributed by atoms with Gasteiger partial charge in [-0.3, -0.25) is 0 Å². The molecule has 0 amide bonds. The molecule has 0 aliphatic carbocycles. The van der Waals surface area contributed by atoms with Gasteiger partial charge in [0.1, 0.15) is 0 Å². The summed E-state index contributed by atoms with van der Waals surface area (Å²) in [7, 11) is 0. The number of nitrogens with zero attached hydrogens (tertiary/aromatic N) is 2. The maximum Gasteiger partial charge on any atom is 0.417 e. The Hall–Kier alpha value is -2.36. The highest BCUT2D eigenvalue weighted by molar-refractivity contribution is 5.42. The number of hydrogen-bond acceptors (Lipinski definition) is 3. The number of aryl methyl sites for hydroxylation is 1. The molecule has 0 aromatic heterocycles. The van der Waals surface area contributed by atoms with Crippen molar-refractivity contribution in [3.63, 3.8) is 0 Å². The Bertz CT molecular complexity index is 930. The number of fused-ring (bicyclic) bond motifs is 3. The number of rotatable bonds is 5. The van der Waals surface area contributed by atoms with Crippen LogP contribution in [0.5, 0.6) is 0 Å². The predicted molar refractivity (Wildman–Crippen MR) is 107 cm³/mol. The van der Waals surface area contributed by atoms with E-state index in [1.165, 1.54) is 6.07 Å². The van der Waals surface area contributed by atoms with Gasteiger partial charge in [-0.1, -0.05) is 36.4 Å². The second kappa shape index (κ2) is 8.05. The van der Waals surface area contributed by atoms with Crippen molar-refractivity contribution >= 4 is 0 Å². The molecule has 0 radical (unpaired) electrons. The fourth-order valence-corrected chi connectivity index (χ4v) is 5.19. The molecule has 3 heterocycles. The van der Waals surface area contributed by atoms with E-state index < -0.39 is 17.3 Å². The lowest BCUT2D eigenvalue weighted by Gasteiger charge is -2.51. The van der Waals surface area contributed by atoms with Crippen LogP contribution in [0, 0.1) is 23.2 Å². The monoisotopic (exact) mass is 414 g/mol. The van der Waals surface area contributed by atoms with Gasteiger partial charge in [-0.05, 0) is 68.0 Å². The summed E-state index contributed by atoms with van der Waals surface area (Å²) in [5.41, 5.74) is -1.07. The molecule has 1 N–H and O–H groups in total. The quantitative estimate of drug-likeness (QED) is 0.769. The average molecular weight is 414 g/mol. The molecule has 0 saturated carbocycles. The average Bonchev–Trinajstić information content (AvgIpc) is 2.78. The van der Waals surface area contributed by atoms with Gasteiger partial charge >= 0.3 is 6.18 Å². The van der Waals surface area contributed by atoms with E-state index in [0.29, 0.717) is 24.3 Å². The van der Waals surface area contributed by atoms with E-state index in [-0.39, 0.29) is 11.5 Å². The summed E-state index contributed by atoms with van der Waals surface area (Å²) in [6.07, 6.45) is -1.82. The summed E-state index contributed by atoms with van der Waals surface area (Å²) in [6.45, 7) is 2.92. The molecule has 3 nitrogen and oxygen atoms in total. The SMILES string of the molecule is N#Cc1ccc(CCC(O)(c2ccccc2)C2CN3CCC2CC3)cc1C(F)(F)F. The maximum absolute atomic E-state index is 13.3. The lowest BCUT2D eigenvalue weighted by atomic mass is 9.66. The smallest absolute Gasteiger partial charge is 0.385 e. The van der Waals surface area contributed by atoms with Gasteiger partial charge < -0.3 is 10.0 Å². The summed E-state index contributed by atoms with van der Waals surface area (Å²) >= 11 is 0. The van der Waals surface area contributed by atoms with Gasteiger partial charge in [0.2, 0.25) is 0 Å². The molecule has 3 aliphatic rings. The lowest BCUT2D eigenvalue weighted by molar-refractivity contribution is -0.137. The molecular formula is C24H25F3N2O. The van der Waals surface area contributed by atoms with Crippen LogP contribution in [0.1, 0.15) is 41.5 Å². The highest BCUT2D eigenvalue weighted by atomic mass is 19.4. The standard InChI is InChI=1S/C24H25F3N2O/c25-24(26,27)21-14-17(6-7-19(21)15-28)8-11-23(30,20-4-2-1-3-5-20)22-16-29-12-9-18(22)10-13-29/h1-7,14,18,22,30H,8-13,16H2. The van der Waals surface area contributed by atoms with Crippen molar-refractivity contribution in [3.8, 4) is 6.07 Å². The first-order chi connectivity index (χ1) is 14.3. The van der Waals surface area contributed by atoms with Crippen molar-refractivity contribution in [2.24, 2.45) is 11.8 Å². The molecule has 3 aliphatic heterocycles. The highest BCUT2D eigenvalue weighted by Crippen LogP contribution is 2.46. The first-order valence-corrected chi connectivity index (χ1v) is 10.4. The van der Waals surface area contributed by atoms with Crippen LogP contribution in [0.15, 0.2) is 48.5 Å². The van der Waals surface area contributed by atoms with E-state index >= 15 is 0 Å². The topological polar surface area (TPSA) is 47.3 Å². The van der Waals surface area contributed by atoms with Crippen molar-refractivity contribution < 1.29 is 18.3 Å². The Morgan fingerprint density at radius 1 is 1.07 bits per heavy atom. The normalized spacial score (nSPS) is 25.5. The summed E-state index contributed by atoms with van der Waals surface area (Å²) < 4.78 is 40.0. The number of halogens is 3. The van der Waals surface area contributed by atoms with Crippen LogP contribution in [0.25, 0.3) is 0 Å². The maximum atomic E-state index is 13.3. The largest absolute Gasteiger partial charge is 0.417 e. The van der Waals surface area contributed by atoms with Gasteiger partial charge in [-0.15, -0.1) is 0 Å². The molecule has 2 bridgehead atoms. The van der Waals surface area contributed by atoms with Crippen molar-refractivity contribution in [1.82, 2.24) is 4.90 Å². The first kappa shape index (κ1) is 20.9. The van der Waals surface area contributed by atoms with Crippen LogP contribution in [-0.4, -0.2) is 29.6 Å². The van der Waals surface area contributed by atoms with Gasteiger partial charge in [-0.2, -0.15) is 18.4 Å². The molecule has 5 rings (SSSR count). The first-order valence-electron chi connectivity index (χ1n) is 10.4. The summed E-state index contributed by atoms with van der Waals surface area (Å²) in [5, 5.41) is 20.9. The molecule has 3 saturated heterocycles. The molecule has 0 spiro atoms. The highest BCUT2D eigenvalue weighted by Gasteiger charge is 2.47. The molecule has 2 unspecified atom stereocenters. The number of piperidine rings is 3. The third-order valence-electron chi connectivity index (χ3n) is 6.85. The number of benzene rings is 2. The van der Waals surface area contributed by atoms with Gasteiger partial charge in [0.25, 0.3) is 0 Å². The minimum absolute atomic E-state index is 0.0582. The fraction of sp³-hybridized carbons (Fsp3) is 0.458. The van der Waals surface area contributed by atoms with Crippen LogP contribution in [0.2, 0.25) is 0 Å². The molecule has 3 fully saturated rings. The summed E-state index contributed by atoms with van der Waals surface area (Å²) in [5.74, 6) is 0.481. The minimum atomic E-state index is -4.58. The zero-order valence-corrected chi connectivity index (χ0v) is 16.7. The molecule has 6 heteroatoms. The zero-order chi connectivity index (χ0) is 21.4. The number of nitriles is 1. The third kappa shape index (κ3) is 3.97. The van der Waals surface area contributed by atoms with Crippen LogP contribution >= 0.6 is 0 Å². The molecule has 158 valence electrons. The van der Waals surface area contributed by atoms with Crippen LogP contribution in [0.4, 0.5) is 13.2 Å². The number of aliphatic hydroxyl groups is 1. The van der Waals surface area contributed by atoms with E-state index in [1.54, 1.807) is 12.1 Å². The van der Waals surface area contributed by atoms with E-state index in [0.717, 1.165) is 44.1 Å². The van der Waals surface area contributed by atoms with E-state index in [1.807, 2.05) is 30.3 Å². The van der Waals surface area contributed by atoms with E-state index in [4.69, 9.17) is 5.26 Å². The van der Waals surface area contributed by atoms with Gasteiger partial charge in [0.15, 0.2) is 0 Å². The summed E-state index contributed by atoms with van der Waals surface area (Å²) in [6, 6.07) is 15.0. The van der Waals surface area contributed by atoms with Crippen LogP contribution < -0.4 is 0 Å². The summed E-state index contributed by atoms with van der Waals surface area (Å²) in [4.78, 5) is 2.38. The molecule has 2 aromatic rings. The van der Waals surface area contributed by atoms with Crippen molar-refractivity contribution in [3.05, 3.63) is 70.8 Å². The fourth-order valence-electron chi connectivity index (χ4n) is 5.19. The Balaban J connectivity index is 1.63. The van der Waals surface area contributed by atoms with Gasteiger partial charge in [0, 0.05) is 12.5 Å². The number of hydrogen-bond donors (Lipinski definition) is 1. The molecular weight excluding hydrogens is 389 g/mol. The Morgan fingerprint density at radius 2 is 1.77 bits per heavy atom.